The van der Waals surface area contributed by atoms with Crippen LogP contribution in [0.2, 0.25) is 0 Å². The Morgan fingerprint density at radius 1 is 1.08 bits per heavy atom. The number of carbonyl (C=O) groups excluding carboxylic acids is 1. The Morgan fingerprint density at radius 2 is 1.96 bits per heavy atom. The van der Waals surface area contributed by atoms with E-state index in [9.17, 15) is 4.79 Å². The van der Waals surface area contributed by atoms with Gasteiger partial charge >= 0.3 is 0 Å². The van der Waals surface area contributed by atoms with Gasteiger partial charge in [0.05, 0.1) is 12.2 Å². The fourth-order valence-corrected chi connectivity index (χ4v) is 2.53. The maximum absolute atomic E-state index is 12.3. The van der Waals surface area contributed by atoms with E-state index in [1.807, 2.05) is 43.3 Å². The van der Waals surface area contributed by atoms with Crippen LogP contribution in [0.1, 0.15) is 21.6 Å². The first kappa shape index (κ1) is 17.1. The molecule has 0 saturated heterocycles. The molecule has 1 amide bonds. The van der Waals surface area contributed by atoms with Crippen molar-refractivity contribution in [1.29, 1.82) is 0 Å². The van der Waals surface area contributed by atoms with Gasteiger partial charge in [0.1, 0.15) is 5.82 Å². The lowest BCUT2D eigenvalue weighted by Gasteiger charge is -2.09. The van der Waals surface area contributed by atoms with Crippen molar-refractivity contribution < 1.29 is 4.79 Å². The molecule has 0 radical (unpaired) electrons. The van der Waals surface area contributed by atoms with Gasteiger partial charge in [0.2, 0.25) is 0 Å². The van der Waals surface area contributed by atoms with Crippen LogP contribution in [-0.2, 0) is 6.54 Å². The Morgan fingerprint density at radius 3 is 2.72 bits per heavy atom. The highest BCUT2D eigenvalue weighted by molar-refractivity contribution is 9.10. The first-order valence-electron chi connectivity index (χ1n) is 7.79. The molecule has 0 unspecified atom stereocenters. The zero-order valence-corrected chi connectivity index (χ0v) is 15.2. The van der Waals surface area contributed by atoms with Crippen LogP contribution in [0.5, 0.6) is 0 Å². The molecule has 1 aromatic carbocycles. The van der Waals surface area contributed by atoms with E-state index in [0.29, 0.717) is 17.9 Å². The molecular formula is C19H17BrN4O. The molecular weight excluding hydrogens is 380 g/mol. The van der Waals surface area contributed by atoms with Crippen molar-refractivity contribution in [3.8, 4) is 0 Å². The number of hydrogen-bond acceptors (Lipinski definition) is 4. The standard InChI is InChI=1S/C19H17BrN4O/c1-13-10-15(5-6-17(13)20)24-18-11-14(7-9-22-18)19(25)23-12-16-4-2-3-8-21-16/h2-11H,12H2,1H3,(H,22,24)(H,23,25). The summed E-state index contributed by atoms with van der Waals surface area (Å²) in [6, 6.07) is 15.0. The SMILES string of the molecule is Cc1cc(Nc2cc(C(=O)NCc3ccccn3)ccn2)ccc1Br. The predicted octanol–water partition coefficient (Wildman–Crippen LogP) is 4.22. The smallest absolute Gasteiger partial charge is 0.251 e. The average molecular weight is 397 g/mol. The quantitative estimate of drug-likeness (QED) is 0.677. The summed E-state index contributed by atoms with van der Waals surface area (Å²) in [6.07, 6.45) is 3.32. The van der Waals surface area contributed by atoms with Gasteiger partial charge in [-0.05, 0) is 55.0 Å². The zero-order valence-electron chi connectivity index (χ0n) is 13.7. The number of halogens is 1. The topological polar surface area (TPSA) is 66.9 Å². The lowest BCUT2D eigenvalue weighted by atomic mass is 10.2. The maximum atomic E-state index is 12.3. The number of aryl methyl sites for hydroxylation is 1. The van der Waals surface area contributed by atoms with E-state index in [2.05, 4.69) is 36.5 Å². The molecule has 126 valence electrons. The third kappa shape index (κ3) is 4.64. The van der Waals surface area contributed by atoms with Gasteiger partial charge in [-0.2, -0.15) is 0 Å². The largest absolute Gasteiger partial charge is 0.346 e. The van der Waals surface area contributed by atoms with Crippen molar-refractivity contribution in [1.82, 2.24) is 15.3 Å². The second-order valence-corrected chi connectivity index (χ2v) is 6.38. The van der Waals surface area contributed by atoms with E-state index in [1.165, 1.54) is 0 Å². The van der Waals surface area contributed by atoms with Crippen LogP contribution in [-0.4, -0.2) is 15.9 Å². The van der Waals surface area contributed by atoms with Crippen molar-refractivity contribution in [3.63, 3.8) is 0 Å². The minimum atomic E-state index is -0.164. The summed E-state index contributed by atoms with van der Waals surface area (Å²) in [5, 5.41) is 6.08. The van der Waals surface area contributed by atoms with Gasteiger partial charge < -0.3 is 10.6 Å². The molecule has 5 nitrogen and oxygen atoms in total. The molecule has 0 spiro atoms. The van der Waals surface area contributed by atoms with Gasteiger partial charge in [-0.15, -0.1) is 0 Å². The summed E-state index contributed by atoms with van der Waals surface area (Å²) in [6.45, 7) is 2.40. The minimum absolute atomic E-state index is 0.164. The molecule has 0 fully saturated rings. The number of carbonyl (C=O) groups is 1. The van der Waals surface area contributed by atoms with Gasteiger partial charge in [-0.3, -0.25) is 9.78 Å². The van der Waals surface area contributed by atoms with Crippen LogP contribution < -0.4 is 10.6 Å². The van der Waals surface area contributed by atoms with Gasteiger partial charge in [0, 0.05) is 28.1 Å². The summed E-state index contributed by atoms with van der Waals surface area (Å²) < 4.78 is 1.05. The van der Waals surface area contributed by atoms with Crippen LogP contribution in [0.15, 0.2) is 65.4 Å². The van der Waals surface area contributed by atoms with E-state index in [1.54, 1.807) is 24.5 Å². The highest BCUT2D eigenvalue weighted by Crippen LogP contribution is 2.22. The van der Waals surface area contributed by atoms with E-state index in [-0.39, 0.29) is 5.91 Å². The third-order valence-electron chi connectivity index (χ3n) is 3.61. The van der Waals surface area contributed by atoms with E-state index in [4.69, 9.17) is 0 Å². The Hall–Kier alpha value is -2.73. The lowest BCUT2D eigenvalue weighted by molar-refractivity contribution is 0.0950. The highest BCUT2D eigenvalue weighted by Gasteiger charge is 2.08. The number of pyridine rings is 2. The Kier molecular flexibility index (Phi) is 5.40. The maximum Gasteiger partial charge on any atom is 0.251 e. The molecule has 0 bridgehead atoms. The molecule has 0 aliphatic rings. The lowest BCUT2D eigenvalue weighted by Crippen LogP contribution is -2.23. The van der Waals surface area contributed by atoms with Crippen LogP contribution in [0.4, 0.5) is 11.5 Å². The number of nitrogens with one attached hydrogen (secondary N) is 2. The molecule has 0 atom stereocenters. The molecule has 3 aromatic rings. The monoisotopic (exact) mass is 396 g/mol. The summed E-state index contributed by atoms with van der Waals surface area (Å²) in [4.78, 5) is 20.8. The van der Waals surface area contributed by atoms with Crippen molar-refractivity contribution in [2.24, 2.45) is 0 Å². The third-order valence-corrected chi connectivity index (χ3v) is 4.50. The number of anilines is 2. The molecule has 2 heterocycles. The fraction of sp³-hybridized carbons (Fsp3) is 0.105. The van der Waals surface area contributed by atoms with E-state index < -0.39 is 0 Å². The number of rotatable bonds is 5. The second-order valence-electron chi connectivity index (χ2n) is 5.52. The van der Waals surface area contributed by atoms with Gasteiger partial charge in [-0.25, -0.2) is 4.98 Å². The Bertz CT molecular complexity index is 884. The van der Waals surface area contributed by atoms with Crippen molar-refractivity contribution in [2.45, 2.75) is 13.5 Å². The zero-order chi connectivity index (χ0) is 17.6. The Labute approximate surface area is 154 Å². The Balaban J connectivity index is 1.68. The molecule has 0 aliphatic heterocycles. The highest BCUT2D eigenvalue weighted by atomic mass is 79.9. The van der Waals surface area contributed by atoms with Gasteiger partial charge in [-0.1, -0.05) is 22.0 Å². The normalized spacial score (nSPS) is 10.3. The first-order valence-corrected chi connectivity index (χ1v) is 8.58. The van der Waals surface area contributed by atoms with Crippen molar-refractivity contribution in [2.75, 3.05) is 5.32 Å². The first-order chi connectivity index (χ1) is 12.1. The molecule has 3 rings (SSSR count). The predicted molar refractivity (Wildman–Crippen MR) is 102 cm³/mol. The number of hydrogen-bond donors (Lipinski definition) is 2. The number of aromatic nitrogens is 2. The molecule has 0 aliphatic carbocycles. The summed E-state index contributed by atoms with van der Waals surface area (Å²) in [5.74, 6) is 0.454. The van der Waals surface area contributed by atoms with E-state index in [0.717, 1.165) is 21.4 Å². The van der Waals surface area contributed by atoms with Gasteiger partial charge in [0.25, 0.3) is 5.91 Å². The van der Waals surface area contributed by atoms with Crippen LogP contribution >= 0.6 is 15.9 Å². The minimum Gasteiger partial charge on any atom is -0.346 e. The summed E-state index contributed by atoms with van der Waals surface area (Å²) in [7, 11) is 0. The molecule has 25 heavy (non-hydrogen) atoms. The van der Waals surface area contributed by atoms with Gasteiger partial charge in [0.15, 0.2) is 0 Å². The summed E-state index contributed by atoms with van der Waals surface area (Å²) >= 11 is 3.48. The average Bonchev–Trinajstić information content (AvgIpc) is 2.64. The fourth-order valence-electron chi connectivity index (χ4n) is 2.29. The van der Waals surface area contributed by atoms with Crippen LogP contribution in [0.3, 0.4) is 0 Å². The summed E-state index contributed by atoms with van der Waals surface area (Å²) in [5.41, 5.74) is 3.39. The van der Waals surface area contributed by atoms with Crippen molar-refractivity contribution in [3.05, 3.63) is 82.2 Å². The molecule has 2 aromatic heterocycles. The molecule has 6 heteroatoms. The van der Waals surface area contributed by atoms with Crippen molar-refractivity contribution >= 4 is 33.3 Å². The van der Waals surface area contributed by atoms with E-state index >= 15 is 0 Å². The van der Waals surface area contributed by atoms with Crippen LogP contribution in [0, 0.1) is 6.92 Å². The number of amides is 1. The second kappa shape index (κ2) is 7.90. The molecule has 2 N–H and O–H groups in total. The number of benzene rings is 1. The van der Waals surface area contributed by atoms with Crippen LogP contribution in [0.25, 0.3) is 0 Å². The molecule has 0 saturated carbocycles. The number of nitrogens with zero attached hydrogens (tertiary/aromatic N) is 2.